The van der Waals surface area contributed by atoms with Crippen molar-refractivity contribution in [1.29, 1.82) is 0 Å². The van der Waals surface area contributed by atoms with E-state index in [1.54, 1.807) is 7.11 Å². The molecule has 17 heavy (non-hydrogen) atoms. The Hall–Kier alpha value is -1.22. The van der Waals surface area contributed by atoms with Gasteiger partial charge in [-0.25, -0.2) is 0 Å². The normalized spacial score (nSPS) is 12.3. The number of anilines is 1. The van der Waals surface area contributed by atoms with Crippen molar-refractivity contribution in [3.8, 4) is 5.75 Å². The number of methoxy groups -OCH3 is 1. The molecule has 0 aliphatic heterocycles. The van der Waals surface area contributed by atoms with Crippen molar-refractivity contribution in [3.05, 3.63) is 23.3 Å². The second-order valence-corrected chi connectivity index (χ2v) is 4.73. The second-order valence-electron chi connectivity index (χ2n) is 4.73. The van der Waals surface area contributed by atoms with E-state index in [0.29, 0.717) is 5.92 Å². The van der Waals surface area contributed by atoms with Gasteiger partial charge >= 0.3 is 0 Å². The minimum absolute atomic E-state index is 0.575. The van der Waals surface area contributed by atoms with Crippen molar-refractivity contribution in [2.75, 3.05) is 25.5 Å². The van der Waals surface area contributed by atoms with E-state index in [1.807, 2.05) is 0 Å². The lowest BCUT2D eigenvalue weighted by atomic mass is 10.1. The fourth-order valence-corrected chi connectivity index (χ4v) is 2.03. The summed E-state index contributed by atoms with van der Waals surface area (Å²) in [6.45, 7) is 8.04. The highest BCUT2D eigenvalue weighted by Crippen LogP contribution is 2.30. The van der Waals surface area contributed by atoms with E-state index in [0.717, 1.165) is 30.9 Å². The molecule has 1 rings (SSSR count). The van der Waals surface area contributed by atoms with E-state index >= 15 is 0 Å². The van der Waals surface area contributed by atoms with Crippen LogP contribution in [0.5, 0.6) is 5.75 Å². The molecule has 3 heteroatoms. The van der Waals surface area contributed by atoms with Gasteiger partial charge < -0.3 is 15.8 Å². The number of benzene rings is 1. The monoisotopic (exact) mass is 236 g/mol. The molecule has 1 atom stereocenters. The molecule has 1 unspecified atom stereocenters. The van der Waals surface area contributed by atoms with Gasteiger partial charge in [0, 0.05) is 6.54 Å². The summed E-state index contributed by atoms with van der Waals surface area (Å²) in [7, 11) is 1.71. The number of hydrogen-bond acceptors (Lipinski definition) is 3. The van der Waals surface area contributed by atoms with E-state index in [9.17, 15) is 0 Å². The predicted molar refractivity (Wildman–Crippen MR) is 73.8 cm³/mol. The molecule has 96 valence electrons. The van der Waals surface area contributed by atoms with Gasteiger partial charge in [0.2, 0.25) is 0 Å². The Morgan fingerprint density at radius 3 is 2.65 bits per heavy atom. The number of nitrogens with two attached hydrogens (primary N) is 1. The van der Waals surface area contributed by atoms with Crippen LogP contribution in [0.2, 0.25) is 0 Å². The van der Waals surface area contributed by atoms with Crippen molar-refractivity contribution in [2.45, 2.75) is 27.2 Å². The van der Waals surface area contributed by atoms with E-state index in [1.165, 1.54) is 11.1 Å². The molecule has 0 saturated carbocycles. The van der Waals surface area contributed by atoms with Crippen LogP contribution in [0, 0.1) is 19.8 Å². The molecule has 0 spiro atoms. The maximum absolute atomic E-state index is 5.55. The largest absolute Gasteiger partial charge is 0.494 e. The Morgan fingerprint density at radius 1 is 1.35 bits per heavy atom. The first-order chi connectivity index (χ1) is 8.08. The molecule has 3 nitrogen and oxygen atoms in total. The number of rotatable bonds is 6. The molecule has 0 aliphatic rings. The fourth-order valence-electron chi connectivity index (χ4n) is 2.03. The Balaban J connectivity index is 2.75. The van der Waals surface area contributed by atoms with E-state index in [-0.39, 0.29) is 0 Å². The molecule has 0 bridgehead atoms. The van der Waals surface area contributed by atoms with Gasteiger partial charge in [-0.3, -0.25) is 0 Å². The van der Waals surface area contributed by atoms with Crippen LogP contribution in [0.1, 0.15) is 24.5 Å². The third kappa shape index (κ3) is 3.93. The standard InChI is InChI=1S/C14H24N2O/c1-10(5-6-15)9-16-13-8-11(2)7-12(3)14(13)17-4/h7-8,10,16H,5-6,9,15H2,1-4H3. The second kappa shape index (κ2) is 6.50. The number of nitrogens with one attached hydrogen (secondary N) is 1. The van der Waals surface area contributed by atoms with Gasteiger partial charge in [0.15, 0.2) is 0 Å². The van der Waals surface area contributed by atoms with Crippen LogP contribution >= 0.6 is 0 Å². The zero-order valence-electron chi connectivity index (χ0n) is 11.3. The maximum atomic E-state index is 5.55. The summed E-state index contributed by atoms with van der Waals surface area (Å²) >= 11 is 0. The summed E-state index contributed by atoms with van der Waals surface area (Å²) in [6, 6.07) is 4.26. The van der Waals surface area contributed by atoms with Gasteiger partial charge in [0.1, 0.15) is 5.75 Å². The lowest BCUT2D eigenvalue weighted by Gasteiger charge is -2.17. The summed E-state index contributed by atoms with van der Waals surface area (Å²) in [5.41, 5.74) is 9.04. The molecule has 0 aromatic heterocycles. The van der Waals surface area contributed by atoms with Crippen LogP contribution in [0.3, 0.4) is 0 Å². The summed E-state index contributed by atoms with van der Waals surface area (Å²) in [5, 5.41) is 3.45. The summed E-state index contributed by atoms with van der Waals surface area (Å²) < 4.78 is 5.44. The molecule has 0 amide bonds. The quantitative estimate of drug-likeness (QED) is 0.798. The number of hydrogen-bond donors (Lipinski definition) is 2. The molecule has 0 heterocycles. The summed E-state index contributed by atoms with van der Waals surface area (Å²) in [4.78, 5) is 0. The van der Waals surface area contributed by atoms with E-state index in [4.69, 9.17) is 10.5 Å². The first kappa shape index (κ1) is 13.8. The minimum Gasteiger partial charge on any atom is -0.494 e. The molecule has 1 aromatic carbocycles. The SMILES string of the molecule is COc1c(C)cc(C)cc1NCC(C)CCN. The van der Waals surface area contributed by atoms with Crippen LogP contribution in [0.15, 0.2) is 12.1 Å². The van der Waals surface area contributed by atoms with E-state index < -0.39 is 0 Å². The minimum atomic E-state index is 0.575. The Morgan fingerprint density at radius 2 is 2.06 bits per heavy atom. The smallest absolute Gasteiger partial charge is 0.144 e. The average Bonchev–Trinajstić information content (AvgIpc) is 2.26. The zero-order valence-corrected chi connectivity index (χ0v) is 11.3. The third-order valence-corrected chi connectivity index (χ3v) is 2.92. The molecule has 0 saturated heterocycles. The zero-order chi connectivity index (χ0) is 12.8. The Labute approximate surface area is 104 Å². The van der Waals surface area contributed by atoms with Gasteiger partial charge in [0.25, 0.3) is 0 Å². The van der Waals surface area contributed by atoms with Crippen molar-refractivity contribution in [1.82, 2.24) is 0 Å². The van der Waals surface area contributed by atoms with Gasteiger partial charge in [-0.05, 0) is 49.9 Å². The maximum Gasteiger partial charge on any atom is 0.144 e. The Bertz CT molecular complexity index is 363. The lowest BCUT2D eigenvalue weighted by Crippen LogP contribution is -2.15. The molecule has 1 aromatic rings. The van der Waals surface area contributed by atoms with Crippen molar-refractivity contribution in [2.24, 2.45) is 11.7 Å². The van der Waals surface area contributed by atoms with Crippen LogP contribution in [-0.2, 0) is 0 Å². The fraction of sp³-hybridized carbons (Fsp3) is 0.571. The van der Waals surface area contributed by atoms with Crippen LogP contribution < -0.4 is 15.8 Å². The highest BCUT2D eigenvalue weighted by atomic mass is 16.5. The van der Waals surface area contributed by atoms with Crippen LogP contribution in [-0.4, -0.2) is 20.2 Å². The predicted octanol–water partition coefficient (Wildman–Crippen LogP) is 2.71. The first-order valence-electron chi connectivity index (χ1n) is 6.17. The molecule has 3 N–H and O–H groups in total. The van der Waals surface area contributed by atoms with Gasteiger partial charge in [0.05, 0.1) is 12.8 Å². The average molecular weight is 236 g/mol. The van der Waals surface area contributed by atoms with Crippen molar-refractivity contribution in [3.63, 3.8) is 0 Å². The number of aryl methyl sites for hydroxylation is 2. The highest BCUT2D eigenvalue weighted by Gasteiger charge is 2.08. The highest BCUT2D eigenvalue weighted by molar-refractivity contribution is 5.61. The van der Waals surface area contributed by atoms with Crippen molar-refractivity contribution < 1.29 is 4.74 Å². The van der Waals surface area contributed by atoms with Gasteiger partial charge in [-0.15, -0.1) is 0 Å². The molecular formula is C14H24N2O. The first-order valence-corrected chi connectivity index (χ1v) is 6.17. The molecule has 0 aliphatic carbocycles. The van der Waals surface area contributed by atoms with Gasteiger partial charge in [-0.1, -0.05) is 13.0 Å². The summed E-state index contributed by atoms with van der Waals surface area (Å²) in [5.74, 6) is 1.51. The summed E-state index contributed by atoms with van der Waals surface area (Å²) in [6.07, 6.45) is 1.04. The van der Waals surface area contributed by atoms with Crippen LogP contribution in [0.4, 0.5) is 5.69 Å². The van der Waals surface area contributed by atoms with Gasteiger partial charge in [-0.2, -0.15) is 0 Å². The topological polar surface area (TPSA) is 47.3 Å². The lowest BCUT2D eigenvalue weighted by molar-refractivity contribution is 0.413. The third-order valence-electron chi connectivity index (χ3n) is 2.92. The number of ether oxygens (including phenoxy) is 1. The Kier molecular flexibility index (Phi) is 5.29. The van der Waals surface area contributed by atoms with Crippen molar-refractivity contribution >= 4 is 5.69 Å². The van der Waals surface area contributed by atoms with E-state index in [2.05, 4.69) is 38.2 Å². The molecule has 0 fully saturated rings. The molecule has 0 radical (unpaired) electrons. The van der Waals surface area contributed by atoms with Crippen LogP contribution in [0.25, 0.3) is 0 Å². The molecular weight excluding hydrogens is 212 g/mol.